The lowest BCUT2D eigenvalue weighted by atomic mass is 10.1. The summed E-state index contributed by atoms with van der Waals surface area (Å²) in [6, 6.07) is 11.4. The Hall–Kier alpha value is -1.20. The predicted octanol–water partition coefficient (Wildman–Crippen LogP) is 2.68. The minimum Gasteiger partial charge on any atom is -0.366 e. The Balaban J connectivity index is 2.39. The summed E-state index contributed by atoms with van der Waals surface area (Å²) in [5, 5.41) is 0. The molecule has 2 aromatic rings. The van der Waals surface area contributed by atoms with E-state index in [0.717, 1.165) is 9.28 Å². The van der Waals surface area contributed by atoms with Crippen LogP contribution in [-0.2, 0) is 0 Å². The van der Waals surface area contributed by atoms with E-state index < -0.39 is 0 Å². The summed E-state index contributed by atoms with van der Waals surface area (Å²) in [6.45, 7) is 0. The van der Waals surface area contributed by atoms with Gasteiger partial charge in [-0.3, -0.25) is 0 Å². The zero-order valence-corrected chi connectivity index (χ0v) is 9.54. The Morgan fingerprint density at radius 3 is 1.67 bits per heavy atom. The van der Waals surface area contributed by atoms with E-state index in [1.165, 1.54) is 0 Å². The molecule has 2 aromatic heterocycles. The number of pyridine rings is 2. The van der Waals surface area contributed by atoms with Crippen molar-refractivity contribution in [3.05, 3.63) is 58.1 Å². The monoisotopic (exact) mass is 231 g/mol. The minimum absolute atomic E-state index is 0.753. The van der Waals surface area contributed by atoms with Gasteiger partial charge in [-0.25, -0.2) is 0 Å². The molecule has 2 rings (SSSR count). The molecule has 73 valence electrons. The molecule has 0 atom stereocenters. The van der Waals surface area contributed by atoms with E-state index >= 15 is 0 Å². The first kappa shape index (κ1) is 10.3. The molecule has 0 saturated heterocycles. The number of nitrogens with zero attached hydrogens (tertiary/aromatic N) is 2. The largest absolute Gasteiger partial charge is 0.401 e. The summed E-state index contributed by atoms with van der Waals surface area (Å²) in [4.78, 5) is 0. The van der Waals surface area contributed by atoms with E-state index in [-0.39, 0.29) is 0 Å². The quantitative estimate of drug-likeness (QED) is 0.580. The molecule has 0 fully saturated rings. The average Bonchev–Trinajstić information content (AvgIpc) is 2.24. The van der Waals surface area contributed by atoms with Gasteiger partial charge in [0.1, 0.15) is 0 Å². The summed E-state index contributed by atoms with van der Waals surface area (Å²) in [7, 11) is 1.87. The van der Waals surface area contributed by atoms with Crippen LogP contribution in [0.5, 0.6) is 0 Å². The first-order valence-corrected chi connectivity index (χ1v) is 5.28. The lowest BCUT2D eigenvalue weighted by Gasteiger charge is -2.07. The summed E-state index contributed by atoms with van der Waals surface area (Å²) < 4.78 is 5.21. The highest BCUT2D eigenvalue weighted by Gasteiger charge is 1.97. The van der Waals surface area contributed by atoms with Crippen LogP contribution in [0, 0.1) is 9.28 Å². The van der Waals surface area contributed by atoms with Crippen molar-refractivity contribution in [2.45, 2.75) is 0 Å². The third-order valence-electron chi connectivity index (χ3n) is 1.95. The second-order valence-electron chi connectivity index (χ2n) is 3.01. The van der Waals surface area contributed by atoms with Crippen LogP contribution in [0.25, 0.3) is 0 Å². The van der Waals surface area contributed by atoms with Gasteiger partial charge in [0.2, 0.25) is 0 Å². The zero-order valence-electron chi connectivity index (χ0n) is 7.91. The van der Waals surface area contributed by atoms with Gasteiger partial charge in [-0.15, -0.1) is 0 Å². The van der Waals surface area contributed by atoms with Gasteiger partial charge >= 0.3 is 7.55 Å². The van der Waals surface area contributed by atoms with Gasteiger partial charge in [0.05, 0.1) is 9.28 Å². The highest BCUT2D eigenvalue weighted by Crippen LogP contribution is 1.95. The van der Waals surface area contributed by atoms with Gasteiger partial charge in [0.15, 0.2) is 0 Å². The highest BCUT2D eigenvalue weighted by atomic mass is 32.1. The molecule has 2 heterocycles. The van der Waals surface area contributed by atoms with Crippen molar-refractivity contribution < 1.29 is 0 Å². The molecule has 0 amide bonds. The summed E-state index contributed by atoms with van der Waals surface area (Å²) in [6.07, 6.45) is 3.80. The molecular weight excluding hydrogens is 223 g/mol. The smallest absolute Gasteiger partial charge is 0.366 e. The van der Waals surface area contributed by atoms with Crippen molar-refractivity contribution in [1.29, 1.82) is 0 Å². The first-order chi connectivity index (χ1) is 7.27. The molecule has 0 aliphatic carbocycles. The van der Waals surface area contributed by atoms with Crippen LogP contribution in [0.15, 0.2) is 48.8 Å². The Labute approximate surface area is 99.1 Å². The van der Waals surface area contributed by atoms with Gasteiger partial charge in [-0.1, -0.05) is 36.6 Å². The second-order valence-corrected chi connectivity index (χ2v) is 3.84. The Morgan fingerprint density at radius 2 is 1.27 bits per heavy atom. The number of aromatic nitrogens is 2. The predicted molar refractivity (Wildman–Crippen MR) is 67.1 cm³/mol. The molecule has 0 N–H and O–H groups in total. The molecule has 0 aromatic carbocycles. The standard InChI is InChI=1S/C10H8BN2S2/c14-9-5-1-3-7-12(9)11-13-8-4-2-6-10(13)15/h1-8H. The normalized spacial score (nSPS) is 9.87. The summed E-state index contributed by atoms with van der Waals surface area (Å²) in [5.41, 5.74) is 0. The fourth-order valence-electron chi connectivity index (χ4n) is 1.20. The fourth-order valence-corrected chi connectivity index (χ4v) is 1.58. The maximum Gasteiger partial charge on any atom is 0.401 e. The maximum absolute atomic E-state index is 5.18. The molecule has 0 spiro atoms. The van der Waals surface area contributed by atoms with Crippen LogP contribution in [-0.4, -0.2) is 16.5 Å². The molecule has 15 heavy (non-hydrogen) atoms. The Kier molecular flexibility index (Phi) is 3.13. The van der Waals surface area contributed by atoms with Crippen molar-refractivity contribution in [3.8, 4) is 0 Å². The van der Waals surface area contributed by atoms with E-state index in [4.69, 9.17) is 24.4 Å². The van der Waals surface area contributed by atoms with E-state index in [1.54, 1.807) is 0 Å². The van der Waals surface area contributed by atoms with E-state index in [9.17, 15) is 0 Å². The lowest BCUT2D eigenvalue weighted by molar-refractivity contribution is 1.05. The van der Waals surface area contributed by atoms with Crippen molar-refractivity contribution in [2.75, 3.05) is 0 Å². The zero-order chi connectivity index (χ0) is 10.7. The van der Waals surface area contributed by atoms with Crippen molar-refractivity contribution in [3.63, 3.8) is 0 Å². The maximum atomic E-state index is 5.18. The number of hydrogen-bond donors (Lipinski definition) is 0. The molecule has 0 saturated carbocycles. The number of hydrogen-bond acceptors (Lipinski definition) is 2. The number of rotatable bonds is 2. The molecule has 0 aliphatic heterocycles. The van der Waals surface area contributed by atoms with Crippen molar-refractivity contribution in [1.82, 2.24) is 8.96 Å². The summed E-state index contributed by atoms with van der Waals surface area (Å²) in [5.74, 6) is 0. The fraction of sp³-hybridized carbons (Fsp3) is 0. The molecule has 0 unspecified atom stereocenters. The van der Waals surface area contributed by atoms with Gasteiger partial charge < -0.3 is 8.96 Å². The third-order valence-corrected chi connectivity index (χ3v) is 2.64. The molecule has 0 bridgehead atoms. The molecule has 5 heteroatoms. The molecular formula is C10H8BN2S2. The average molecular weight is 231 g/mol. The lowest BCUT2D eigenvalue weighted by Crippen LogP contribution is -2.17. The molecule has 2 nitrogen and oxygen atoms in total. The van der Waals surface area contributed by atoms with Crippen LogP contribution >= 0.6 is 24.4 Å². The van der Waals surface area contributed by atoms with Crippen molar-refractivity contribution in [2.24, 2.45) is 0 Å². The van der Waals surface area contributed by atoms with E-state index in [0.29, 0.717) is 0 Å². The first-order valence-electron chi connectivity index (χ1n) is 4.47. The second kappa shape index (κ2) is 4.55. The van der Waals surface area contributed by atoms with E-state index in [2.05, 4.69) is 0 Å². The van der Waals surface area contributed by atoms with Gasteiger partial charge in [0, 0.05) is 0 Å². The summed E-state index contributed by atoms with van der Waals surface area (Å²) >= 11 is 10.4. The third kappa shape index (κ3) is 2.43. The molecule has 1 radical (unpaired) electrons. The van der Waals surface area contributed by atoms with Crippen molar-refractivity contribution >= 4 is 32.0 Å². The minimum atomic E-state index is 0.753. The molecule has 0 aliphatic rings. The van der Waals surface area contributed by atoms with Crippen LogP contribution in [0.3, 0.4) is 0 Å². The highest BCUT2D eigenvalue weighted by molar-refractivity contribution is 7.71. The van der Waals surface area contributed by atoms with Gasteiger partial charge in [-0.05, 0) is 36.7 Å². The van der Waals surface area contributed by atoms with Crippen LogP contribution < -0.4 is 0 Å². The topological polar surface area (TPSA) is 9.86 Å². The van der Waals surface area contributed by atoms with Crippen LogP contribution in [0.1, 0.15) is 0 Å². The Bertz CT molecular complexity index is 522. The van der Waals surface area contributed by atoms with Crippen LogP contribution in [0.4, 0.5) is 0 Å². The van der Waals surface area contributed by atoms with Gasteiger partial charge in [-0.2, -0.15) is 0 Å². The SMILES string of the molecule is S=c1ccccn1[B]n1ccccc1=S. The van der Waals surface area contributed by atoms with Gasteiger partial charge in [0.25, 0.3) is 0 Å². The van der Waals surface area contributed by atoms with Crippen LogP contribution in [0.2, 0.25) is 0 Å². The van der Waals surface area contributed by atoms with E-state index in [1.807, 2.05) is 65.3 Å². The Morgan fingerprint density at radius 1 is 0.800 bits per heavy atom.